The molecule has 0 fully saturated rings. The summed E-state index contributed by atoms with van der Waals surface area (Å²) < 4.78 is 10.9. The molecule has 0 spiro atoms. The van der Waals surface area contributed by atoms with Crippen LogP contribution in [0.25, 0.3) is 43.3 Å². The van der Waals surface area contributed by atoms with Gasteiger partial charge in [-0.15, -0.1) is 0 Å². The molecule has 0 radical (unpaired) electrons. The van der Waals surface area contributed by atoms with Crippen LogP contribution >= 0.6 is 8.43 Å². The topological polar surface area (TPSA) is 26.3 Å². The first kappa shape index (κ1) is 13.6. The number of hydrogen-bond donors (Lipinski definition) is 0. The molecule has 24 heavy (non-hydrogen) atoms. The highest BCUT2D eigenvalue weighted by Crippen LogP contribution is 2.34. The van der Waals surface area contributed by atoms with Crippen LogP contribution in [0.1, 0.15) is 0 Å². The Labute approximate surface area is 139 Å². The first-order chi connectivity index (χ1) is 11.9. The van der Waals surface area contributed by atoms with Crippen LogP contribution in [0.2, 0.25) is 0 Å². The lowest BCUT2D eigenvalue weighted by Gasteiger charge is -2.06. The molecule has 0 saturated heterocycles. The van der Waals surface area contributed by atoms with Gasteiger partial charge in [-0.3, -0.25) is 8.93 Å². The molecule has 0 aliphatic carbocycles. The third kappa shape index (κ3) is 2.01. The van der Waals surface area contributed by atoms with Crippen LogP contribution in [0.4, 0.5) is 0 Å². The molecule has 0 amide bonds. The second-order valence-electron chi connectivity index (χ2n) is 5.80. The Balaban J connectivity index is 2.16. The Morgan fingerprint density at radius 2 is 1.29 bits per heavy atom. The van der Waals surface area contributed by atoms with E-state index in [-0.39, 0.29) is 0 Å². The Morgan fingerprint density at radius 3 is 2.17 bits per heavy atom. The third-order valence-corrected chi connectivity index (χ3v) is 5.01. The summed E-state index contributed by atoms with van der Waals surface area (Å²) in [5.74, 6) is 2.07. The van der Waals surface area contributed by atoms with Crippen molar-refractivity contribution in [3.63, 3.8) is 0 Å². The van der Waals surface area contributed by atoms with E-state index in [4.69, 9.17) is 8.93 Å². The molecule has 5 aromatic rings. The monoisotopic (exact) mass is 328 g/mol. The molecule has 0 aliphatic heterocycles. The SMILES string of the molecule is c1ccc2c(c1)ccc1c2cpooc2ccc3ccccc3c21. The Kier molecular flexibility index (Phi) is 3.04. The van der Waals surface area contributed by atoms with Crippen molar-refractivity contribution in [2.24, 2.45) is 0 Å². The van der Waals surface area contributed by atoms with Crippen LogP contribution in [0.15, 0.2) is 87.5 Å². The molecule has 0 aliphatic rings. The Morgan fingerprint density at radius 1 is 0.583 bits per heavy atom. The molecular formula is C21H13O2P. The fourth-order valence-corrected chi connectivity index (χ4v) is 3.94. The van der Waals surface area contributed by atoms with E-state index >= 15 is 0 Å². The number of rotatable bonds is 0. The predicted octanol–water partition coefficient (Wildman–Crippen LogP) is 7.19. The Hall–Kier alpha value is -2.83. The van der Waals surface area contributed by atoms with Crippen LogP contribution < -0.4 is 0 Å². The average Bonchev–Trinajstić information content (AvgIpc) is 2.62. The lowest BCUT2D eigenvalue weighted by Crippen LogP contribution is -1.80. The number of benzene rings is 4. The summed E-state index contributed by atoms with van der Waals surface area (Å²) in [6, 6.07) is 25.2. The van der Waals surface area contributed by atoms with Crippen LogP contribution in [-0.4, -0.2) is 0 Å². The molecule has 5 rings (SSSR count). The minimum absolute atomic E-state index is 0.685. The molecule has 1 aromatic heterocycles. The standard InChI is InChI=1S/C21H13O2P/c1-3-7-16-14(5-1)9-11-18-19(16)13-24-23-22-20-12-10-15-6-2-4-8-17(15)21(18)20/h1-13H. The highest BCUT2D eigenvalue weighted by molar-refractivity contribution is 7.22. The number of fused-ring (bicyclic) bond motifs is 7. The van der Waals surface area contributed by atoms with E-state index in [2.05, 4.69) is 72.5 Å². The van der Waals surface area contributed by atoms with Crippen LogP contribution in [-0.2, 0) is 0 Å². The van der Waals surface area contributed by atoms with Gasteiger partial charge in [0.05, 0.1) is 0 Å². The summed E-state index contributed by atoms with van der Waals surface area (Å²) in [6.45, 7) is 0. The van der Waals surface area contributed by atoms with Crippen molar-refractivity contribution in [3.05, 3.63) is 78.6 Å². The molecular weight excluding hydrogens is 315 g/mol. The zero-order chi connectivity index (χ0) is 15.9. The molecule has 0 N–H and O–H groups in total. The maximum absolute atomic E-state index is 5.56. The lowest BCUT2D eigenvalue weighted by molar-refractivity contribution is 0.125. The zero-order valence-electron chi connectivity index (χ0n) is 12.8. The predicted molar refractivity (Wildman–Crippen MR) is 101 cm³/mol. The van der Waals surface area contributed by atoms with Gasteiger partial charge in [-0.05, 0) is 38.4 Å². The van der Waals surface area contributed by atoms with Crippen molar-refractivity contribution in [2.75, 3.05) is 0 Å². The minimum Gasteiger partial charge on any atom is -0.287 e. The minimum atomic E-state index is 0.685. The summed E-state index contributed by atoms with van der Waals surface area (Å²) in [6.07, 6.45) is 0. The van der Waals surface area contributed by atoms with Crippen molar-refractivity contribution in [3.8, 4) is 0 Å². The van der Waals surface area contributed by atoms with E-state index in [1.807, 2.05) is 6.07 Å². The van der Waals surface area contributed by atoms with Gasteiger partial charge in [0.1, 0.15) is 0 Å². The highest BCUT2D eigenvalue weighted by atomic mass is 31.1. The van der Waals surface area contributed by atoms with E-state index in [0.29, 0.717) is 8.43 Å². The summed E-state index contributed by atoms with van der Waals surface area (Å²) in [4.78, 5) is 0. The van der Waals surface area contributed by atoms with Crippen molar-refractivity contribution in [2.45, 2.75) is 0 Å². The summed E-state index contributed by atoms with van der Waals surface area (Å²) in [5.41, 5.74) is 0.755. The fourth-order valence-electron chi connectivity index (χ4n) is 3.39. The quantitative estimate of drug-likeness (QED) is 0.281. The molecule has 4 aromatic carbocycles. The lowest BCUT2D eigenvalue weighted by atomic mass is 9.99. The Bertz CT molecular complexity index is 1260. The largest absolute Gasteiger partial charge is 0.287 e. The first-order valence-corrected chi connectivity index (χ1v) is 8.71. The van der Waals surface area contributed by atoms with Crippen molar-refractivity contribution < 1.29 is 8.93 Å². The van der Waals surface area contributed by atoms with Gasteiger partial charge < -0.3 is 0 Å². The summed E-state index contributed by atoms with van der Waals surface area (Å²) >= 11 is 0. The van der Waals surface area contributed by atoms with E-state index in [1.165, 1.54) is 32.3 Å². The van der Waals surface area contributed by atoms with Crippen molar-refractivity contribution in [1.29, 1.82) is 0 Å². The molecule has 0 bridgehead atoms. The van der Waals surface area contributed by atoms with Crippen molar-refractivity contribution >= 4 is 51.7 Å². The molecule has 2 nitrogen and oxygen atoms in total. The van der Waals surface area contributed by atoms with E-state index < -0.39 is 0 Å². The third-order valence-electron chi connectivity index (χ3n) is 4.48. The van der Waals surface area contributed by atoms with Gasteiger partial charge in [-0.25, -0.2) is 0 Å². The van der Waals surface area contributed by atoms with Gasteiger partial charge >= 0.3 is 0 Å². The molecule has 1 heterocycles. The maximum Gasteiger partial charge on any atom is 0.187 e. The normalized spacial score (nSPS) is 11.7. The van der Waals surface area contributed by atoms with Crippen LogP contribution in [0.5, 0.6) is 0 Å². The second-order valence-corrected chi connectivity index (χ2v) is 6.42. The van der Waals surface area contributed by atoms with Gasteiger partial charge in [0.25, 0.3) is 0 Å². The molecule has 0 saturated carbocycles. The number of hydrogen-bond acceptors (Lipinski definition) is 2. The highest BCUT2D eigenvalue weighted by Gasteiger charge is 2.07. The van der Waals surface area contributed by atoms with Gasteiger partial charge in [0.15, 0.2) is 14.0 Å². The van der Waals surface area contributed by atoms with Gasteiger partial charge in [-0.1, -0.05) is 66.7 Å². The molecule has 0 unspecified atom stereocenters. The van der Waals surface area contributed by atoms with Crippen LogP contribution in [0, 0.1) is 0 Å². The molecule has 3 heteroatoms. The summed E-state index contributed by atoms with van der Waals surface area (Å²) in [5, 5.41) is 8.27. The molecule has 114 valence electrons. The molecule has 0 atom stereocenters. The fraction of sp³-hybridized carbons (Fsp3) is 0. The first-order valence-electron chi connectivity index (χ1n) is 7.83. The zero-order valence-corrected chi connectivity index (χ0v) is 13.7. The average molecular weight is 328 g/mol. The summed E-state index contributed by atoms with van der Waals surface area (Å²) in [7, 11) is 0.685. The van der Waals surface area contributed by atoms with Crippen LogP contribution in [0.3, 0.4) is 0 Å². The van der Waals surface area contributed by atoms with E-state index in [0.717, 1.165) is 11.0 Å². The smallest absolute Gasteiger partial charge is 0.187 e. The second kappa shape index (κ2) is 5.36. The van der Waals surface area contributed by atoms with Gasteiger partial charge in [0, 0.05) is 11.2 Å². The van der Waals surface area contributed by atoms with E-state index in [9.17, 15) is 0 Å². The van der Waals surface area contributed by atoms with Gasteiger partial charge in [0.2, 0.25) is 0 Å². The van der Waals surface area contributed by atoms with Gasteiger partial charge in [-0.2, -0.15) is 0 Å². The van der Waals surface area contributed by atoms with Crippen molar-refractivity contribution in [1.82, 2.24) is 0 Å². The van der Waals surface area contributed by atoms with E-state index in [1.54, 1.807) is 0 Å². The maximum atomic E-state index is 5.56.